The van der Waals surface area contributed by atoms with Gasteiger partial charge in [0.05, 0.1) is 100 Å². The molecule has 0 radical (unpaired) electrons. The number of nitrogen functional groups attached to an aromatic ring is 2. The molecule has 12 aromatic rings. The van der Waals surface area contributed by atoms with Gasteiger partial charge in [0.25, 0.3) is 16.7 Å². The molecular weight excluding hydrogens is 1870 g/mol. The summed E-state index contributed by atoms with van der Waals surface area (Å²) >= 11 is 19.6. The van der Waals surface area contributed by atoms with E-state index in [1.165, 1.54) is 47.5 Å². The molecule has 9 aromatic heterocycles. The number of rotatable bonds is 15. The van der Waals surface area contributed by atoms with Gasteiger partial charge in [0.1, 0.15) is 63.2 Å². The van der Waals surface area contributed by atoms with E-state index in [1.807, 2.05) is 59.8 Å². The second kappa shape index (κ2) is 39.3. The van der Waals surface area contributed by atoms with Crippen molar-refractivity contribution in [3.63, 3.8) is 0 Å². The molecule has 3 aliphatic rings. The number of hydrogen-bond acceptors (Lipinski definition) is 20. The normalized spacial score (nSPS) is 14.5. The van der Waals surface area contributed by atoms with E-state index in [9.17, 15) is 75.3 Å². The quantitative estimate of drug-likeness (QED) is 0.0316. The minimum absolute atomic E-state index is 0.0882. The van der Waals surface area contributed by atoms with E-state index in [2.05, 4.69) is 49.6 Å². The molecule has 137 heavy (non-hydrogen) atoms. The summed E-state index contributed by atoms with van der Waals surface area (Å²) in [4.78, 5) is 116. The Labute approximate surface area is 787 Å². The molecule has 15 rings (SSSR count). The zero-order valence-electron chi connectivity index (χ0n) is 74.7. The van der Waals surface area contributed by atoms with Gasteiger partial charge in [-0.2, -0.15) is 15.8 Å². The number of piperazine rings is 3. The molecule has 12 heterocycles. The molecule has 0 aliphatic carbocycles. The standard InChI is InChI=1S/2C32H28ClF4N7O2.C31H24ClF5N6O2/c2*1-6-20(45)43-10-9-42(13-16(43)5)30-17-11-19(33)28(21-22(34)24(36)25(37)26(39)23(21)35)41-31(17)44(32(46)18(30)12-38)29-15(4)7-8-40-27(29)14(2)3;1-5-19(44)41-8-10-42(11-9-41)29-16-12-18(32)27(20-21(33)23(35)25(37)24(36)22(20)34)40-30(16)43(31(45)17(29)13-38)28-15(4)6-7-39-26(28)14(2)3/h2*6-8,11,14,16H,1,9-10,13,39H2,2-5H3;5-7,12,14H,1,8-11H2,2-4H3/t2*16-;/m11./s1. The lowest BCUT2D eigenvalue weighted by atomic mass is 10.0. The van der Waals surface area contributed by atoms with Crippen molar-refractivity contribution in [3.8, 4) is 69.0 Å². The van der Waals surface area contributed by atoms with Crippen LogP contribution in [0.2, 0.25) is 15.1 Å². The fourth-order valence-electron chi connectivity index (χ4n) is 17.1. The zero-order valence-corrected chi connectivity index (χ0v) is 77.0. The molecule has 3 saturated heterocycles. The van der Waals surface area contributed by atoms with Crippen LogP contribution < -0.4 is 42.8 Å². The predicted molar refractivity (Wildman–Crippen MR) is 492 cm³/mol. The highest BCUT2D eigenvalue weighted by atomic mass is 35.5. The molecule has 3 aliphatic heterocycles. The molecule has 0 unspecified atom stereocenters. The summed E-state index contributed by atoms with van der Waals surface area (Å²) in [6.45, 7) is 32.2. The van der Waals surface area contributed by atoms with Crippen molar-refractivity contribution in [1.82, 2.24) is 58.3 Å². The monoisotopic (exact) mass is 1950 g/mol. The number of pyridine rings is 9. The lowest BCUT2D eigenvalue weighted by Gasteiger charge is -2.41. The summed E-state index contributed by atoms with van der Waals surface area (Å²) in [5, 5.41) is 30.2. The molecular formula is C95H80Cl3F13N20O6. The van der Waals surface area contributed by atoms with Crippen molar-refractivity contribution in [2.75, 3.05) is 91.6 Å². The van der Waals surface area contributed by atoms with Crippen LogP contribution >= 0.6 is 34.8 Å². The van der Waals surface area contributed by atoms with Gasteiger partial charge in [-0.05, 0) is 124 Å². The number of carbonyl (C=O) groups is 3. The van der Waals surface area contributed by atoms with Crippen LogP contribution in [0, 0.1) is 130 Å². The maximum absolute atomic E-state index is 15.3. The number of anilines is 5. The summed E-state index contributed by atoms with van der Waals surface area (Å²) in [5.74, 6) is -27.7. The molecule has 0 spiro atoms. The maximum Gasteiger partial charge on any atom is 0.276 e. The van der Waals surface area contributed by atoms with Crippen molar-refractivity contribution >= 4 is 114 Å². The topological polar surface area (TPSA) is 337 Å². The van der Waals surface area contributed by atoms with Gasteiger partial charge in [0.2, 0.25) is 23.5 Å². The number of aromatic nitrogens is 9. The highest BCUT2D eigenvalue weighted by Gasteiger charge is 2.40. The Morgan fingerprint density at radius 1 is 0.401 bits per heavy atom. The molecule has 3 amide bonds. The molecule has 3 fully saturated rings. The third kappa shape index (κ3) is 17.3. The van der Waals surface area contributed by atoms with Crippen LogP contribution in [0.5, 0.6) is 0 Å². The first-order valence-electron chi connectivity index (χ1n) is 42.1. The fourth-order valence-corrected chi connectivity index (χ4v) is 17.9. The lowest BCUT2D eigenvalue weighted by molar-refractivity contribution is -0.129. The first kappa shape index (κ1) is 99.7. The Morgan fingerprint density at radius 3 is 0.934 bits per heavy atom. The smallest absolute Gasteiger partial charge is 0.276 e. The van der Waals surface area contributed by atoms with Crippen LogP contribution in [-0.4, -0.2) is 154 Å². The van der Waals surface area contributed by atoms with E-state index in [0.29, 0.717) is 33.8 Å². The van der Waals surface area contributed by atoms with Crippen LogP contribution in [0.1, 0.15) is 124 Å². The number of benzene rings is 3. The minimum atomic E-state index is -2.36. The number of amides is 3. The summed E-state index contributed by atoms with van der Waals surface area (Å²) in [7, 11) is 0. The van der Waals surface area contributed by atoms with Gasteiger partial charge in [-0.3, -0.25) is 57.4 Å². The molecule has 42 heteroatoms. The Hall–Kier alpha value is -14.8. The van der Waals surface area contributed by atoms with Gasteiger partial charge in [-0.1, -0.05) is 96.1 Å². The van der Waals surface area contributed by atoms with Crippen LogP contribution in [-0.2, 0) is 14.4 Å². The lowest BCUT2D eigenvalue weighted by Crippen LogP contribution is -2.54. The van der Waals surface area contributed by atoms with Crippen molar-refractivity contribution in [3.05, 3.63) is 265 Å². The van der Waals surface area contributed by atoms with E-state index in [0.717, 1.165) is 13.7 Å². The molecule has 0 saturated carbocycles. The largest absolute Gasteiger partial charge is 0.394 e. The molecule has 0 bridgehead atoms. The summed E-state index contributed by atoms with van der Waals surface area (Å²) in [5.41, 5.74) is 2.65. The third-order valence-corrected chi connectivity index (χ3v) is 24.6. The molecule has 26 nitrogen and oxygen atoms in total. The highest BCUT2D eigenvalue weighted by Crippen LogP contribution is 2.47. The van der Waals surface area contributed by atoms with E-state index >= 15 is 26.3 Å². The van der Waals surface area contributed by atoms with Gasteiger partial charge < -0.3 is 40.9 Å². The average molecular weight is 1950 g/mol. The SMILES string of the molecule is C=CC(=O)N1CCN(c2c(C#N)c(=O)n(-c3c(C)ccnc3C(C)C)c3nc(-c4c(F)c(F)c(F)c(F)c4F)c(Cl)cc23)CC1.C=CC(=O)N1CCN(c2c(C#N)c(=O)n(-c3c(C)ccnc3C(C)C)c3nc(-c4c(F)c(N)c(F)c(F)c4F)c(Cl)cc23)C[C@H]1C.C=CC(=O)N1CCN(c2c(C#N)c(=O)n(-c3c(C)ccnc3C(C)C)c3nc(-c4c(F)c(N)c(F)c(F)c4F)c(Cl)cc23)C[C@H]1C. The second-order valence-electron chi connectivity index (χ2n) is 33.2. The van der Waals surface area contributed by atoms with E-state index < -0.39 is 153 Å². The van der Waals surface area contributed by atoms with Crippen molar-refractivity contribution < 1.29 is 71.5 Å². The van der Waals surface area contributed by atoms with E-state index in [4.69, 9.17) is 46.3 Å². The Bertz CT molecular complexity index is 7140. The first-order chi connectivity index (χ1) is 64.8. The number of nitrogens with two attached hydrogens (primary N) is 2. The van der Waals surface area contributed by atoms with Crippen molar-refractivity contribution in [2.24, 2.45) is 0 Å². The summed E-state index contributed by atoms with van der Waals surface area (Å²) in [6.07, 6.45) is 8.19. The zero-order chi connectivity index (χ0) is 100. The minimum Gasteiger partial charge on any atom is -0.394 e. The Kier molecular flexibility index (Phi) is 28.6. The van der Waals surface area contributed by atoms with Gasteiger partial charge in [-0.15, -0.1) is 0 Å². The van der Waals surface area contributed by atoms with Crippen LogP contribution in [0.4, 0.5) is 85.5 Å². The van der Waals surface area contributed by atoms with Gasteiger partial charge in [0.15, 0.2) is 69.8 Å². The van der Waals surface area contributed by atoms with Crippen molar-refractivity contribution in [2.45, 2.75) is 106 Å². The Morgan fingerprint density at radius 2 is 0.664 bits per heavy atom. The van der Waals surface area contributed by atoms with Gasteiger partial charge in [-0.25, -0.2) is 72.0 Å². The number of fused-ring (bicyclic) bond motifs is 3. The number of halogens is 16. The van der Waals surface area contributed by atoms with Crippen LogP contribution in [0.3, 0.4) is 0 Å². The average Bonchev–Trinajstić information content (AvgIpc) is 0.727. The third-order valence-electron chi connectivity index (χ3n) is 23.7. The fraction of sp³-hybridized carbons (Fsp3) is 0.274. The second-order valence-corrected chi connectivity index (χ2v) is 34.4. The maximum atomic E-state index is 15.3. The molecule has 4 N–H and O–H groups in total. The van der Waals surface area contributed by atoms with Gasteiger partial charge in [0, 0.05) is 112 Å². The number of aryl methyl sites for hydroxylation is 3. The van der Waals surface area contributed by atoms with Crippen molar-refractivity contribution in [1.29, 1.82) is 15.8 Å². The summed E-state index contributed by atoms with van der Waals surface area (Å²) < 4.78 is 194. The van der Waals surface area contributed by atoms with E-state index in [1.54, 1.807) is 89.7 Å². The van der Waals surface area contributed by atoms with E-state index in [-0.39, 0.29) is 197 Å². The predicted octanol–water partition coefficient (Wildman–Crippen LogP) is 17.5. The van der Waals surface area contributed by atoms with Crippen LogP contribution in [0.25, 0.3) is 83.9 Å². The summed E-state index contributed by atoms with van der Waals surface area (Å²) in [6, 6.07) is 13.8. The number of hydrogen-bond donors (Lipinski definition) is 2. The molecule has 708 valence electrons. The number of nitrogens with zero attached hydrogens (tertiary/aromatic N) is 18. The number of carbonyl (C=O) groups excluding carboxylic acids is 3. The van der Waals surface area contributed by atoms with Crippen LogP contribution in [0.15, 0.2) is 107 Å². The highest BCUT2D eigenvalue weighted by molar-refractivity contribution is 6.35. The molecule has 2 atom stereocenters. The first-order valence-corrected chi connectivity index (χ1v) is 43.2. The number of nitriles is 3. The Balaban J connectivity index is 0.000000174. The molecule has 3 aromatic carbocycles. The van der Waals surface area contributed by atoms with Gasteiger partial charge >= 0.3 is 0 Å².